The summed E-state index contributed by atoms with van der Waals surface area (Å²) in [7, 11) is 0. The summed E-state index contributed by atoms with van der Waals surface area (Å²) in [6, 6.07) is 18.2. The molecule has 0 aliphatic carbocycles. The van der Waals surface area contributed by atoms with Gasteiger partial charge in [-0.2, -0.15) is 0 Å². The summed E-state index contributed by atoms with van der Waals surface area (Å²) >= 11 is 0. The number of nitrogens with one attached hydrogen (secondary N) is 1. The average molecular weight is 423 g/mol. The Morgan fingerprint density at radius 2 is 1.77 bits per heavy atom. The number of rotatable bonds is 8. The van der Waals surface area contributed by atoms with Crippen LogP contribution < -0.4 is 5.32 Å². The second-order valence-electron chi connectivity index (χ2n) is 7.48. The fraction of sp³-hybridized carbons (Fsp3) is 0.250. The van der Waals surface area contributed by atoms with Gasteiger partial charge in [-0.05, 0) is 49.7 Å². The number of hydrogen-bond donors (Lipinski definition) is 1. The lowest BCUT2D eigenvalue weighted by molar-refractivity contribution is -0.133. The molecule has 162 valence electrons. The number of carbonyl (C=O) groups is 2. The van der Waals surface area contributed by atoms with Crippen LogP contribution in [0.15, 0.2) is 77.4 Å². The fourth-order valence-electron chi connectivity index (χ4n) is 3.12. The minimum atomic E-state index is -0.466. The van der Waals surface area contributed by atoms with Crippen LogP contribution in [-0.2, 0) is 17.9 Å². The Kier molecular flexibility index (Phi) is 7.43. The number of furan rings is 1. The summed E-state index contributed by atoms with van der Waals surface area (Å²) < 4.78 is 18.9. The Morgan fingerprint density at radius 3 is 2.42 bits per heavy atom. The van der Waals surface area contributed by atoms with Crippen LogP contribution in [0, 0.1) is 5.82 Å². The molecule has 1 aromatic heterocycles. The Morgan fingerprint density at radius 1 is 1.00 bits per heavy atom. The molecule has 0 unspecified atom stereocenters. The van der Waals surface area contributed by atoms with Gasteiger partial charge in [0, 0.05) is 18.3 Å². The molecule has 0 fully saturated rings. The van der Waals surface area contributed by atoms with Crippen molar-refractivity contribution in [1.82, 2.24) is 9.80 Å². The van der Waals surface area contributed by atoms with Gasteiger partial charge < -0.3 is 19.5 Å². The number of hydrogen-bond acceptors (Lipinski definition) is 3. The highest BCUT2D eigenvalue weighted by molar-refractivity contribution is 5.92. The van der Waals surface area contributed by atoms with Crippen molar-refractivity contribution < 1.29 is 18.4 Å². The van der Waals surface area contributed by atoms with Gasteiger partial charge in [-0.15, -0.1) is 0 Å². The third-order valence-electron chi connectivity index (χ3n) is 4.76. The van der Waals surface area contributed by atoms with E-state index in [9.17, 15) is 14.0 Å². The Bertz CT molecular complexity index is 990. The quantitative estimate of drug-likeness (QED) is 0.561. The van der Waals surface area contributed by atoms with E-state index >= 15 is 0 Å². The monoisotopic (exact) mass is 423 g/mol. The topological polar surface area (TPSA) is 65.8 Å². The second-order valence-corrected chi connectivity index (χ2v) is 7.48. The number of carbonyl (C=O) groups excluding carboxylic acids is 2. The van der Waals surface area contributed by atoms with Gasteiger partial charge in [-0.1, -0.05) is 36.4 Å². The molecule has 2 aromatic carbocycles. The van der Waals surface area contributed by atoms with E-state index in [-0.39, 0.29) is 25.0 Å². The summed E-state index contributed by atoms with van der Waals surface area (Å²) in [5.41, 5.74) is 1.31. The lowest BCUT2D eigenvalue weighted by Crippen LogP contribution is -2.47. The maximum Gasteiger partial charge on any atom is 0.322 e. The number of nitrogens with zero attached hydrogens (tertiary/aromatic N) is 2. The summed E-state index contributed by atoms with van der Waals surface area (Å²) in [6.07, 6.45) is 1.56. The predicted molar refractivity (Wildman–Crippen MR) is 117 cm³/mol. The number of amides is 3. The Balaban J connectivity index is 1.73. The van der Waals surface area contributed by atoms with Crippen molar-refractivity contribution in [3.8, 4) is 0 Å². The zero-order valence-corrected chi connectivity index (χ0v) is 17.6. The van der Waals surface area contributed by atoms with E-state index in [0.717, 1.165) is 5.56 Å². The van der Waals surface area contributed by atoms with Crippen LogP contribution in [0.5, 0.6) is 0 Å². The van der Waals surface area contributed by atoms with Crippen LogP contribution in [0.3, 0.4) is 0 Å². The molecule has 0 aliphatic heterocycles. The first-order valence-electron chi connectivity index (χ1n) is 10.1. The normalized spacial score (nSPS) is 10.7. The van der Waals surface area contributed by atoms with Gasteiger partial charge in [0.15, 0.2) is 0 Å². The molecule has 3 amide bonds. The van der Waals surface area contributed by atoms with E-state index in [1.54, 1.807) is 23.3 Å². The molecule has 3 aromatic rings. The molecule has 1 N–H and O–H groups in total. The summed E-state index contributed by atoms with van der Waals surface area (Å²) in [5.74, 6) is -0.00890. The van der Waals surface area contributed by atoms with Crippen molar-refractivity contribution in [2.24, 2.45) is 0 Å². The molecule has 7 heteroatoms. The predicted octanol–water partition coefficient (Wildman–Crippen LogP) is 4.89. The second kappa shape index (κ2) is 10.4. The largest absolute Gasteiger partial charge is 0.467 e. The first kappa shape index (κ1) is 22.1. The van der Waals surface area contributed by atoms with E-state index in [0.29, 0.717) is 18.0 Å². The lowest BCUT2D eigenvalue weighted by atomic mass is 10.2. The average Bonchev–Trinajstić information content (AvgIpc) is 3.25. The molecule has 0 bridgehead atoms. The minimum Gasteiger partial charge on any atom is -0.467 e. The lowest BCUT2D eigenvalue weighted by Gasteiger charge is -2.30. The van der Waals surface area contributed by atoms with Crippen LogP contribution >= 0.6 is 0 Å². The zero-order chi connectivity index (χ0) is 22.2. The fourth-order valence-corrected chi connectivity index (χ4v) is 3.12. The van der Waals surface area contributed by atoms with Gasteiger partial charge in [-0.25, -0.2) is 9.18 Å². The molecule has 0 radical (unpaired) electrons. The Hall–Kier alpha value is -3.61. The van der Waals surface area contributed by atoms with Crippen LogP contribution in [0.25, 0.3) is 0 Å². The molecule has 0 spiro atoms. The van der Waals surface area contributed by atoms with Gasteiger partial charge in [0.2, 0.25) is 5.91 Å². The molecule has 0 atom stereocenters. The van der Waals surface area contributed by atoms with E-state index < -0.39 is 11.8 Å². The van der Waals surface area contributed by atoms with Crippen LogP contribution in [-0.4, -0.2) is 34.3 Å². The maximum atomic E-state index is 13.4. The SMILES string of the molecule is CC(C)N(CC(=O)N(Cc1ccccc1)Cc1ccco1)C(=O)Nc1cccc(F)c1. The van der Waals surface area contributed by atoms with Gasteiger partial charge in [0.1, 0.15) is 18.1 Å². The van der Waals surface area contributed by atoms with Gasteiger partial charge in [0.05, 0.1) is 12.8 Å². The van der Waals surface area contributed by atoms with Crippen molar-refractivity contribution in [2.75, 3.05) is 11.9 Å². The van der Waals surface area contributed by atoms with Gasteiger partial charge in [0.25, 0.3) is 0 Å². The molecule has 0 saturated carbocycles. The number of urea groups is 1. The van der Waals surface area contributed by atoms with Crippen molar-refractivity contribution in [3.63, 3.8) is 0 Å². The van der Waals surface area contributed by atoms with Crippen LogP contribution in [0.4, 0.5) is 14.9 Å². The molecule has 3 rings (SSSR count). The molecule has 31 heavy (non-hydrogen) atoms. The van der Waals surface area contributed by atoms with Crippen molar-refractivity contribution in [1.29, 1.82) is 0 Å². The van der Waals surface area contributed by atoms with Gasteiger partial charge >= 0.3 is 6.03 Å². The first-order chi connectivity index (χ1) is 14.9. The zero-order valence-electron chi connectivity index (χ0n) is 17.6. The molecule has 0 saturated heterocycles. The summed E-state index contributed by atoms with van der Waals surface area (Å²) in [5, 5.41) is 2.66. The number of benzene rings is 2. The number of anilines is 1. The highest BCUT2D eigenvalue weighted by atomic mass is 19.1. The molecule has 6 nitrogen and oxygen atoms in total. The highest BCUT2D eigenvalue weighted by Crippen LogP contribution is 2.14. The maximum absolute atomic E-state index is 13.4. The third-order valence-corrected chi connectivity index (χ3v) is 4.76. The van der Waals surface area contributed by atoms with Crippen molar-refractivity contribution in [3.05, 3.63) is 90.1 Å². The van der Waals surface area contributed by atoms with E-state index in [2.05, 4.69) is 5.32 Å². The highest BCUT2D eigenvalue weighted by Gasteiger charge is 2.24. The standard InChI is InChI=1S/C24H26FN3O3/c1-18(2)28(24(30)26-21-11-6-10-20(25)14-21)17-23(29)27(16-22-12-7-13-31-22)15-19-8-4-3-5-9-19/h3-14,18H,15-17H2,1-2H3,(H,26,30). The summed E-state index contributed by atoms with van der Waals surface area (Å²) in [6.45, 7) is 4.21. The smallest absolute Gasteiger partial charge is 0.322 e. The van der Waals surface area contributed by atoms with Gasteiger partial charge in [-0.3, -0.25) is 4.79 Å². The first-order valence-corrected chi connectivity index (χ1v) is 10.1. The van der Waals surface area contributed by atoms with E-state index in [4.69, 9.17) is 4.42 Å². The number of halogens is 1. The van der Waals surface area contributed by atoms with Crippen LogP contribution in [0.1, 0.15) is 25.2 Å². The molecular weight excluding hydrogens is 397 g/mol. The molecule has 0 aliphatic rings. The minimum absolute atomic E-state index is 0.119. The molecule has 1 heterocycles. The van der Waals surface area contributed by atoms with E-state index in [1.165, 1.54) is 23.1 Å². The van der Waals surface area contributed by atoms with E-state index in [1.807, 2.05) is 50.2 Å². The summed E-state index contributed by atoms with van der Waals surface area (Å²) in [4.78, 5) is 29.1. The van der Waals surface area contributed by atoms with Crippen LogP contribution in [0.2, 0.25) is 0 Å². The van der Waals surface area contributed by atoms with Crippen molar-refractivity contribution in [2.45, 2.75) is 33.0 Å². The Labute approximate surface area is 181 Å². The third kappa shape index (κ3) is 6.44. The molecular formula is C24H26FN3O3. The van der Waals surface area contributed by atoms with Crippen molar-refractivity contribution >= 4 is 17.6 Å².